The highest BCUT2D eigenvalue weighted by molar-refractivity contribution is 6.31. The Kier molecular flexibility index (Phi) is 3.54. The van der Waals surface area contributed by atoms with E-state index >= 15 is 0 Å². The molecule has 0 spiro atoms. The van der Waals surface area contributed by atoms with Gasteiger partial charge in [0.25, 0.3) is 5.91 Å². The summed E-state index contributed by atoms with van der Waals surface area (Å²) in [6.45, 7) is 1.78. The molecule has 1 aliphatic heterocycles. The fourth-order valence-electron chi connectivity index (χ4n) is 2.19. The summed E-state index contributed by atoms with van der Waals surface area (Å²) in [5, 5.41) is 3.86. The summed E-state index contributed by atoms with van der Waals surface area (Å²) in [5.74, 6) is -0.412. The first-order valence-electron chi connectivity index (χ1n) is 5.63. The molecule has 1 fully saturated rings. The minimum absolute atomic E-state index is 0.412. The summed E-state index contributed by atoms with van der Waals surface area (Å²) in [7, 11) is 1.95. The van der Waals surface area contributed by atoms with E-state index in [0.717, 1.165) is 25.2 Å². The lowest BCUT2D eigenvalue weighted by molar-refractivity contribution is 0.100. The Morgan fingerprint density at radius 1 is 1.59 bits per heavy atom. The van der Waals surface area contributed by atoms with Crippen molar-refractivity contribution in [3.63, 3.8) is 0 Å². The summed E-state index contributed by atoms with van der Waals surface area (Å²) in [4.78, 5) is 13.5. The Bertz CT molecular complexity index is 436. The number of nitrogens with one attached hydrogen (secondary N) is 1. The molecule has 1 amide bonds. The van der Waals surface area contributed by atoms with Crippen molar-refractivity contribution >= 4 is 23.2 Å². The molecule has 1 saturated heterocycles. The Morgan fingerprint density at radius 2 is 2.35 bits per heavy atom. The second kappa shape index (κ2) is 4.94. The van der Waals surface area contributed by atoms with E-state index in [0.29, 0.717) is 16.6 Å². The summed E-state index contributed by atoms with van der Waals surface area (Å²) in [6, 6.07) is 5.64. The fraction of sp³-hybridized carbons (Fsp3) is 0.417. The van der Waals surface area contributed by atoms with Crippen LogP contribution in [0.2, 0.25) is 5.02 Å². The standard InChI is InChI=1S/C12H16ClN3O/c1-15-9-4-5-16(7-9)11-6-8(13)2-3-10(11)12(14)17/h2-3,6,9,15H,4-5,7H2,1H3,(H2,14,17). The van der Waals surface area contributed by atoms with E-state index in [1.165, 1.54) is 0 Å². The molecular weight excluding hydrogens is 238 g/mol. The lowest BCUT2D eigenvalue weighted by Crippen LogP contribution is -2.30. The molecule has 0 aromatic heterocycles. The molecule has 1 aliphatic rings. The Labute approximate surface area is 106 Å². The predicted molar refractivity (Wildman–Crippen MR) is 69.6 cm³/mol. The normalized spacial score (nSPS) is 19.6. The molecule has 1 atom stereocenters. The van der Waals surface area contributed by atoms with E-state index in [1.807, 2.05) is 7.05 Å². The highest BCUT2D eigenvalue weighted by atomic mass is 35.5. The zero-order chi connectivity index (χ0) is 12.4. The van der Waals surface area contributed by atoms with E-state index in [-0.39, 0.29) is 0 Å². The third-order valence-corrected chi connectivity index (χ3v) is 3.40. The third kappa shape index (κ3) is 2.53. The monoisotopic (exact) mass is 253 g/mol. The quantitative estimate of drug-likeness (QED) is 0.852. The van der Waals surface area contributed by atoms with Gasteiger partial charge < -0.3 is 16.0 Å². The number of anilines is 1. The van der Waals surface area contributed by atoms with Gasteiger partial charge in [0.2, 0.25) is 0 Å². The molecule has 0 aliphatic carbocycles. The Balaban J connectivity index is 2.31. The lowest BCUT2D eigenvalue weighted by Gasteiger charge is -2.21. The van der Waals surface area contributed by atoms with Crippen LogP contribution in [0.15, 0.2) is 18.2 Å². The second-order valence-corrected chi connectivity index (χ2v) is 4.68. The van der Waals surface area contributed by atoms with E-state index < -0.39 is 5.91 Å². The van der Waals surface area contributed by atoms with Gasteiger partial charge in [0, 0.05) is 24.2 Å². The van der Waals surface area contributed by atoms with Crippen LogP contribution in [0.1, 0.15) is 16.8 Å². The van der Waals surface area contributed by atoms with Crippen LogP contribution in [-0.2, 0) is 0 Å². The van der Waals surface area contributed by atoms with Gasteiger partial charge in [-0.25, -0.2) is 0 Å². The number of rotatable bonds is 3. The van der Waals surface area contributed by atoms with E-state index in [4.69, 9.17) is 17.3 Å². The zero-order valence-corrected chi connectivity index (χ0v) is 10.5. The zero-order valence-electron chi connectivity index (χ0n) is 9.74. The minimum Gasteiger partial charge on any atom is -0.369 e. The largest absolute Gasteiger partial charge is 0.369 e. The molecule has 1 aromatic carbocycles. The maximum Gasteiger partial charge on any atom is 0.250 e. The number of halogens is 1. The van der Waals surface area contributed by atoms with Gasteiger partial charge in [-0.05, 0) is 31.7 Å². The van der Waals surface area contributed by atoms with Gasteiger partial charge in [0.15, 0.2) is 0 Å². The Morgan fingerprint density at radius 3 is 2.94 bits per heavy atom. The molecule has 0 radical (unpaired) electrons. The number of carbonyl (C=O) groups is 1. The SMILES string of the molecule is CNC1CCN(c2cc(Cl)ccc2C(N)=O)C1. The fourth-order valence-corrected chi connectivity index (χ4v) is 2.36. The van der Waals surface area contributed by atoms with Crippen LogP contribution < -0.4 is 16.0 Å². The molecule has 4 nitrogen and oxygen atoms in total. The van der Waals surface area contributed by atoms with Crippen molar-refractivity contribution in [3.8, 4) is 0 Å². The predicted octanol–water partition coefficient (Wildman–Crippen LogP) is 1.24. The molecule has 92 valence electrons. The molecular formula is C12H16ClN3O. The number of primary amides is 1. The number of nitrogens with two attached hydrogens (primary N) is 1. The van der Waals surface area contributed by atoms with Crippen molar-refractivity contribution in [2.24, 2.45) is 5.73 Å². The number of likely N-dealkylation sites (N-methyl/N-ethyl adjacent to an activating group) is 1. The van der Waals surface area contributed by atoms with Crippen LogP contribution in [0.5, 0.6) is 0 Å². The molecule has 0 saturated carbocycles. The van der Waals surface area contributed by atoms with Gasteiger partial charge in [-0.1, -0.05) is 11.6 Å². The van der Waals surface area contributed by atoms with Crippen LogP contribution in [0, 0.1) is 0 Å². The first-order valence-corrected chi connectivity index (χ1v) is 6.01. The number of benzene rings is 1. The molecule has 17 heavy (non-hydrogen) atoms. The summed E-state index contributed by atoms with van der Waals surface area (Å²) in [5.41, 5.74) is 6.74. The number of hydrogen-bond acceptors (Lipinski definition) is 3. The lowest BCUT2D eigenvalue weighted by atomic mass is 10.1. The van der Waals surface area contributed by atoms with Crippen LogP contribution in [0.25, 0.3) is 0 Å². The average molecular weight is 254 g/mol. The first kappa shape index (κ1) is 12.2. The molecule has 5 heteroatoms. The summed E-state index contributed by atoms with van der Waals surface area (Å²) in [6.07, 6.45) is 1.06. The second-order valence-electron chi connectivity index (χ2n) is 4.25. The van der Waals surface area contributed by atoms with Crippen LogP contribution in [0.4, 0.5) is 5.69 Å². The molecule has 1 heterocycles. The van der Waals surface area contributed by atoms with Gasteiger partial charge in [-0.3, -0.25) is 4.79 Å². The highest BCUT2D eigenvalue weighted by Gasteiger charge is 2.24. The first-order chi connectivity index (χ1) is 8.11. The molecule has 1 unspecified atom stereocenters. The van der Waals surface area contributed by atoms with Gasteiger partial charge in [-0.2, -0.15) is 0 Å². The topological polar surface area (TPSA) is 58.4 Å². The van der Waals surface area contributed by atoms with Crippen LogP contribution in [-0.4, -0.2) is 32.1 Å². The molecule has 3 N–H and O–H groups in total. The number of carbonyl (C=O) groups excluding carboxylic acids is 1. The van der Waals surface area contributed by atoms with Crippen LogP contribution >= 0.6 is 11.6 Å². The van der Waals surface area contributed by atoms with Gasteiger partial charge >= 0.3 is 0 Å². The molecule has 0 bridgehead atoms. The number of amides is 1. The van der Waals surface area contributed by atoms with Gasteiger partial charge in [0.1, 0.15) is 0 Å². The summed E-state index contributed by atoms with van der Waals surface area (Å²) >= 11 is 5.98. The maximum atomic E-state index is 11.4. The smallest absolute Gasteiger partial charge is 0.250 e. The van der Waals surface area contributed by atoms with Crippen molar-refractivity contribution < 1.29 is 4.79 Å². The van der Waals surface area contributed by atoms with Crippen LogP contribution in [0.3, 0.4) is 0 Å². The van der Waals surface area contributed by atoms with Crippen molar-refractivity contribution in [1.82, 2.24) is 5.32 Å². The highest BCUT2D eigenvalue weighted by Crippen LogP contribution is 2.27. The minimum atomic E-state index is -0.412. The van der Waals surface area contributed by atoms with Gasteiger partial charge in [-0.15, -0.1) is 0 Å². The molecule has 1 aromatic rings. The van der Waals surface area contributed by atoms with E-state index in [2.05, 4.69) is 10.2 Å². The van der Waals surface area contributed by atoms with Crippen molar-refractivity contribution in [2.75, 3.05) is 25.0 Å². The van der Waals surface area contributed by atoms with Crippen molar-refractivity contribution in [3.05, 3.63) is 28.8 Å². The number of hydrogen-bond donors (Lipinski definition) is 2. The van der Waals surface area contributed by atoms with Crippen molar-refractivity contribution in [1.29, 1.82) is 0 Å². The van der Waals surface area contributed by atoms with E-state index in [1.54, 1.807) is 18.2 Å². The van der Waals surface area contributed by atoms with Gasteiger partial charge in [0.05, 0.1) is 11.3 Å². The third-order valence-electron chi connectivity index (χ3n) is 3.16. The average Bonchev–Trinajstić information content (AvgIpc) is 2.76. The number of nitrogens with zero attached hydrogens (tertiary/aromatic N) is 1. The molecule has 2 rings (SSSR count). The maximum absolute atomic E-state index is 11.4. The Hall–Kier alpha value is -1.26. The van der Waals surface area contributed by atoms with Crippen molar-refractivity contribution in [2.45, 2.75) is 12.5 Å². The van der Waals surface area contributed by atoms with E-state index in [9.17, 15) is 4.79 Å². The summed E-state index contributed by atoms with van der Waals surface area (Å²) < 4.78 is 0.